The number of ether oxygens (including phenoxy) is 2. The van der Waals surface area contributed by atoms with E-state index in [-0.39, 0.29) is 23.5 Å². The number of morpholine rings is 1. The number of hydrogen-bond donors (Lipinski definition) is 1. The Labute approximate surface area is 246 Å². The van der Waals surface area contributed by atoms with Gasteiger partial charge in [0.15, 0.2) is 0 Å². The van der Waals surface area contributed by atoms with Crippen LogP contribution in [0.4, 0.5) is 29.6 Å². The molecule has 2 amide bonds. The SMILES string of the molecule is CC(C)(C)OC(=O)N(C(=O)CN)C1CCN(c2cc(N3CCOCC3)nc(-n3c(C(F)(F)F)nc4ccccc43)n2)CC1. The fourth-order valence-corrected chi connectivity index (χ4v) is 5.26. The Hall–Kier alpha value is -3.98. The summed E-state index contributed by atoms with van der Waals surface area (Å²) in [6.07, 6.45) is -4.74. The van der Waals surface area contributed by atoms with Crippen LogP contribution in [0.3, 0.4) is 0 Å². The largest absolute Gasteiger partial charge is 0.450 e. The van der Waals surface area contributed by atoms with Crippen LogP contribution in [-0.2, 0) is 20.4 Å². The van der Waals surface area contributed by atoms with Crippen molar-refractivity contribution in [3.63, 3.8) is 0 Å². The Morgan fingerprint density at radius 3 is 2.19 bits per heavy atom. The summed E-state index contributed by atoms with van der Waals surface area (Å²) in [5.74, 6) is -0.935. The van der Waals surface area contributed by atoms with Gasteiger partial charge in [-0.15, -0.1) is 0 Å². The van der Waals surface area contributed by atoms with Crippen LogP contribution in [0.25, 0.3) is 17.0 Å². The number of fused-ring (bicyclic) bond motifs is 1. The molecule has 15 heteroatoms. The van der Waals surface area contributed by atoms with Gasteiger partial charge in [-0.2, -0.15) is 23.1 Å². The molecular formula is C28H35F3N8O4. The van der Waals surface area contributed by atoms with Gasteiger partial charge < -0.3 is 25.0 Å². The van der Waals surface area contributed by atoms with E-state index in [0.717, 1.165) is 9.47 Å². The van der Waals surface area contributed by atoms with Gasteiger partial charge in [0.1, 0.15) is 17.2 Å². The number of halogens is 3. The predicted octanol–water partition coefficient (Wildman–Crippen LogP) is 3.36. The van der Waals surface area contributed by atoms with Crippen molar-refractivity contribution in [1.29, 1.82) is 0 Å². The Morgan fingerprint density at radius 1 is 1.00 bits per heavy atom. The Morgan fingerprint density at radius 2 is 1.60 bits per heavy atom. The lowest BCUT2D eigenvalue weighted by atomic mass is 10.0. The third kappa shape index (κ3) is 6.67. The minimum Gasteiger partial charge on any atom is -0.443 e. The van der Waals surface area contributed by atoms with E-state index in [1.54, 1.807) is 45.0 Å². The van der Waals surface area contributed by atoms with Crippen molar-refractivity contribution in [3.05, 3.63) is 36.2 Å². The van der Waals surface area contributed by atoms with E-state index in [1.165, 1.54) is 6.07 Å². The lowest BCUT2D eigenvalue weighted by Gasteiger charge is -2.38. The number of nitrogens with zero attached hydrogens (tertiary/aromatic N) is 7. The fraction of sp³-hybridized carbons (Fsp3) is 0.536. The molecule has 12 nitrogen and oxygen atoms in total. The maximum Gasteiger partial charge on any atom is 0.450 e. The molecule has 0 atom stereocenters. The van der Waals surface area contributed by atoms with Gasteiger partial charge in [0.25, 0.3) is 0 Å². The maximum absolute atomic E-state index is 14.2. The van der Waals surface area contributed by atoms with Crippen LogP contribution >= 0.6 is 0 Å². The number of piperidine rings is 1. The molecule has 43 heavy (non-hydrogen) atoms. The molecule has 2 saturated heterocycles. The number of alkyl halides is 3. The zero-order valence-electron chi connectivity index (χ0n) is 24.3. The van der Waals surface area contributed by atoms with Crippen LogP contribution < -0.4 is 15.5 Å². The number of benzene rings is 1. The van der Waals surface area contributed by atoms with Gasteiger partial charge in [-0.3, -0.25) is 9.36 Å². The second-order valence-electron chi connectivity index (χ2n) is 11.4. The highest BCUT2D eigenvalue weighted by atomic mass is 19.4. The molecule has 2 N–H and O–H groups in total. The summed E-state index contributed by atoms with van der Waals surface area (Å²) in [4.78, 5) is 43.6. The number of hydrogen-bond acceptors (Lipinski definition) is 10. The Bertz CT molecular complexity index is 1470. The quantitative estimate of drug-likeness (QED) is 0.462. The van der Waals surface area contributed by atoms with E-state index in [9.17, 15) is 22.8 Å². The van der Waals surface area contributed by atoms with E-state index >= 15 is 0 Å². The molecule has 0 radical (unpaired) electrons. The topological polar surface area (TPSA) is 132 Å². The van der Waals surface area contributed by atoms with Gasteiger partial charge in [-0.1, -0.05) is 12.1 Å². The van der Waals surface area contributed by atoms with Crippen LogP contribution in [0.2, 0.25) is 0 Å². The average molecular weight is 605 g/mol. The Balaban J connectivity index is 1.50. The summed E-state index contributed by atoms with van der Waals surface area (Å²) in [7, 11) is 0. The molecule has 3 aromatic rings. The number of aromatic nitrogens is 4. The zero-order chi connectivity index (χ0) is 30.9. The number of nitrogens with two attached hydrogens (primary N) is 1. The van der Waals surface area contributed by atoms with E-state index in [1.807, 2.05) is 9.80 Å². The minimum absolute atomic E-state index is 0.157. The van der Waals surface area contributed by atoms with E-state index in [2.05, 4.69) is 15.0 Å². The first-order chi connectivity index (χ1) is 20.4. The molecule has 232 valence electrons. The number of imidazole rings is 1. The van der Waals surface area contributed by atoms with Gasteiger partial charge in [0, 0.05) is 38.3 Å². The lowest BCUT2D eigenvalue weighted by Crippen LogP contribution is -2.53. The van der Waals surface area contributed by atoms with Crippen LogP contribution in [-0.4, -0.2) is 94.0 Å². The fourth-order valence-electron chi connectivity index (χ4n) is 5.26. The molecule has 0 saturated carbocycles. The molecular weight excluding hydrogens is 569 g/mol. The van der Waals surface area contributed by atoms with Crippen molar-refractivity contribution in [1.82, 2.24) is 24.4 Å². The molecule has 2 fully saturated rings. The number of para-hydroxylation sites is 2. The van der Waals surface area contributed by atoms with E-state index in [4.69, 9.17) is 15.2 Å². The summed E-state index contributed by atoms with van der Waals surface area (Å²) >= 11 is 0. The monoisotopic (exact) mass is 604 g/mol. The maximum atomic E-state index is 14.2. The first-order valence-electron chi connectivity index (χ1n) is 14.1. The van der Waals surface area contributed by atoms with Crippen molar-refractivity contribution in [2.45, 2.75) is 51.4 Å². The van der Waals surface area contributed by atoms with Gasteiger partial charge in [0.05, 0.1) is 30.8 Å². The second-order valence-corrected chi connectivity index (χ2v) is 11.4. The Kier molecular flexibility index (Phi) is 8.47. The van der Waals surface area contributed by atoms with Crippen LogP contribution in [0, 0.1) is 0 Å². The standard InChI is InChI=1S/C28H35F3N8O4/c1-27(2,3)43-26(41)38(23(40)17-32)18-8-10-36(11-9-18)21-16-22(37-12-14-42-15-13-37)35-25(34-21)39-20-7-5-4-6-19(20)33-24(39)28(29,30)31/h4-7,16,18H,8-15,17,32H2,1-3H3. The van der Waals surface area contributed by atoms with Crippen molar-refractivity contribution in [3.8, 4) is 5.95 Å². The van der Waals surface area contributed by atoms with Crippen molar-refractivity contribution in [2.24, 2.45) is 5.73 Å². The van der Waals surface area contributed by atoms with Crippen LogP contribution in [0.1, 0.15) is 39.4 Å². The number of rotatable bonds is 5. The molecule has 4 heterocycles. The highest BCUT2D eigenvalue weighted by molar-refractivity contribution is 5.93. The number of imide groups is 1. The molecule has 5 rings (SSSR count). The highest BCUT2D eigenvalue weighted by Gasteiger charge is 2.40. The first-order valence-corrected chi connectivity index (χ1v) is 14.1. The molecule has 0 aliphatic carbocycles. The summed E-state index contributed by atoms with van der Waals surface area (Å²) in [5.41, 5.74) is 5.20. The minimum atomic E-state index is -4.75. The van der Waals surface area contributed by atoms with Gasteiger partial charge >= 0.3 is 12.3 Å². The third-order valence-corrected chi connectivity index (χ3v) is 7.22. The zero-order valence-corrected chi connectivity index (χ0v) is 24.3. The average Bonchev–Trinajstić information content (AvgIpc) is 3.37. The number of anilines is 2. The first kappa shape index (κ1) is 30.5. The van der Waals surface area contributed by atoms with Crippen molar-refractivity contribution < 1.29 is 32.2 Å². The molecule has 2 aliphatic rings. The third-order valence-electron chi connectivity index (χ3n) is 7.22. The predicted molar refractivity (Wildman–Crippen MR) is 152 cm³/mol. The smallest absolute Gasteiger partial charge is 0.443 e. The molecule has 0 spiro atoms. The normalized spacial score (nSPS) is 16.9. The molecule has 0 unspecified atom stereocenters. The molecule has 0 bridgehead atoms. The molecule has 2 aromatic heterocycles. The highest BCUT2D eigenvalue weighted by Crippen LogP contribution is 2.34. The van der Waals surface area contributed by atoms with Gasteiger partial charge in [-0.25, -0.2) is 14.7 Å². The van der Waals surface area contributed by atoms with Gasteiger partial charge in [0.2, 0.25) is 17.7 Å². The van der Waals surface area contributed by atoms with E-state index < -0.39 is 35.6 Å². The van der Waals surface area contributed by atoms with Crippen molar-refractivity contribution in [2.75, 3.05) is 55.7 Å². The van der Waals surface area contributed by atoms with Gasteiger partial charge in [-0.05, 0) is 45.7 Å². The molecule has 2 aliphatic heterocycles. The summed E-state index contributed by atoms with van der Waals surface area (Å²) in [6.45, 7) is 7.48. The summed E-state index contributed by atoms with van der Waals surface area (Å²) < 4.78 is 54.5. The summed E-state index contributed by atoms with van der Waals surface area (Å²) in [6, 6.07) is 7.60. The number of carbonyl (C=O) groups is 2. The van der Waals surface area contributed by atoms with Crippen molar-refractivity contribution >= 4 is 34.7 Å². The lowest BCUT2D eigenvalue weighted by molar-refractivity contribution is -0.145. The van der Waals surface area contributed by atoms with Crippen LogP contribution in [0.15, 0.2) is 30.3 Å². The van der Waals surface area contributed by atoms with E-state index in [0.29, 0.717) is 63.9 Å². The number of amides is 2. The summed E-state index contributed by atoms with van der Waals surface area (Å²) in [5, 5.41) is 0. The second kappa shape index (κ2) is 12.0. The number of carbonyl (C=O) groups excluding carboxylic acids is 2. The van der Waals surface area contributed by atoms with Crippen LogP contribution in [0.5, 0.6) is 0 Å². The molecule has 1 aromatic carbocycles.